The van der Waals surface area contributed by atoms with Gasteiger partial charge in [-0.3, -0.25) is 0 Å². The van der Waals surface area contributed by atoms with Crippen LogP contribution in [0.25, 0.3) is 0 Å². The fraction of sp³-hybridized carbons (Fsp3) is 0.760. The van der Waals surface area contributed by atoms with E-state index in [-0.39, 0.29) is 5.92 Å². The van der Waals surface area contributed by atoms with E-state index in [1.165, 1.54) is 57.8 Å². The number of hydrogen-bond donors (Lipinski definition) is 0. The first-order chi connectivity index (χ1) is 15.3. The van der Waals surface area contributed by atoms with Crippen LogP contribution in [0.3, 0.4) is 0 Å². The summed E-state index contributed by atoms with van der Waals surface area (Å²) in [5.74, 6) is -1.37. The second-order valence-electron chi connectivity index (χ2n) is 10.0. The number of hydrogen-bond acceptors (Lipinski definition) is 1. The average molecular weight is 493 g/mol. The van der Waals surface area contributed by atoms with Gasteiger partial charge in [0.2, 0.25) is 0 Å². The summed E-state index contributed by atoms with van der Waals surface area (Å²) in [5.41, 5.74) is 0.524. The van der Waals surface area contributed by atoms with Gasteiger partial charge in [0.15, 0.2) is 24.8 Å². The lowest BCUT2D eigenvalue weighted by molar-refractivity contribution is -0.0546. The molecule has 1 nitrogen and oxygen atoms in total. The highest BCUT2D eigenvalue weighted by Crippen LogP contribution is 2.45. The van der Waals surface area contributed by atoms with Crippen LogP contribution in [0.4, 0.5) is 17.6 Å². The highest BCUT2D eigenvalue weighted by molar-refractivity contribution is 7.20. The minimum Gasteiger partial charge on any atom is -0.429 e. The smallest absolute Gasteiger partial charge is 0.387 e. The normalized spacial score (nSPS) is 28.8. The van der Waals surface area contributed by atoms with Gasteiger partial charge in [-0.25, -0.2) is 8.78 Å². The Morgan fingerprint density at radius 2 is 1.50 bits per heavy atom. The van der Waals surface area contributed by atoms with Gasteiger partial charge in [0.05, 0.1) is 0 Å². The maximum absolute atomic E-state index is 14.1. The maximum atomic E-state index is 14.1. The van der Waals surface area contributed by atoms with E-state index in [2.05, 4.69) is 11.7 Å². The van der Waals surface area contributed by atoms with Crippen molar-refractivity contribution in [1.82, 2.24) is 0 Å². The Morgan fingerprint density at radius 3 is 2.03 bits per heavy atom. The topological polar surface area (TPSA) is 9.23 Å². The summed E-state index contributed by atoms with van der Waals surface area (Å²) in [5, 5.41) is 0. The van der Waals surface area contributed by atoms with Crippen LogP contribution >= 0.6 is 11.1 Å². The van der Waals surface area contributed by atoms with E-state index in [1.807, 2.05) is 0 Å². The van der Waals surface area contributed by atoms with Crippen molar-refractivity contribution in [2.75, 3.05) is 0 Å². The van der Waals surface area contributed by atoms with E-state index in [4.69, 9.17) is 11.1 Å². The summed E-state index contributed by atoms with van der Waals surface area (Å²) < 4.78 is 56.9. The van der Waals surface area contributed by atoms with Crippen LogP contribution in [0.2, 0.25) is 18.1 Å². The third-order valence-corrected chi connectivity index (χ3v) is 13.0. The van der Waals surface area contributed by atoms with Gasteiger partial charge < -0.3 is 4.74 Å². The van der Waals surface area contributed by atoms with E-state index in [0.717, 1.165) is 54.9 Å². The molecule has 1 saturated carbocycles. The summed E-state index contributed by atoms with van der Waals surface area (Å²) in [6.45, 7) is -0.993. The second kappa shape index (κ2) is 12.1. The van der Waals surface area contributed by atoms with Crippen molar-refractivity contribution in [3.05, 3.63) is 29.3 Å². The van der Waals surface area contributed by atoms with Gasteiger partial charge in [-0.2, -0.15) is 19.9 Å². The lowest BCUT2D eigenvalue weighted by Crippen LogP contribution is -2.32. The third-order valence-electron chi connectivity index (χ3n) is 7.76. The molecule has 1 heterocycles. The van der Waals surface area contributed by atoms with Gasteiger partial charge in [-0.05, 0) is 66.4 Å². The van der Waals surface area contributed by atoms with Crippen molar-refractivity contribution in [2.24, 2.45) is 11.8 Å². The molecule has 1 saturated heterocycles. The SMILES string of the molecule is CCCCCC1CCC(CC[Si]2(Cl)CCC(c3cc(F)c(OC(F)F)c(F)c3)CC2)CC1. The molecular weight excluding hydrogens is 456 g/mol. The molecule has 3 rings (SSSR count). The Morgan fingerprint density at radius 1 is 0.938 bits per heavy atom. The van der Waals surface area contributed by atoms with Gasteiger partial charge in [-0.15, -0.1) is 0 Å². The lowest BCUT2D eigenvalue weighted by Gasteiger charge is -2.36. The molecule has 0 radical (unpaired) electrons. The van der Waals surface area contributed by atoms with Gasteiger partial charge in [0.1, 0.15) is 0 Å². The first-order valence-electron chi connectivity index (χ1n) is 12.4. The zero-order valence-electron chi connectivity index (χ0n) is 19.2. The maximum Gasteiger partial charge on any atom is 0.387 e. The van der Waals surface area contributed by atoms with Crippen molar-refractivity contribution < 1.29 is 22.3 Å². The Kier molecular flexibility index (Phi) is 9.78. The van der Waals surface area contributed by atoms with Crippen LogP contribution in [-0.2, 0) is 0 Å². The largest absolute Gasteiger partial charge is 0.429 e. The monoisotopic (exact) mass is 492 g/mol. The quantitative estimate of drug-likeness (QED) is 0.137. The fourth-order valence-electron chi connectivity index (χ4n) is 5.69. The molecule has 1 aromatic carbocycles. The van der Waals surface area contributed by atoms with Gasteiger partial charge >= 0.3 is 6.61 Å². The molecule has 0 atom stereocenters. The number of benzene rings is 1. The highest BCUT2D eigenvalue weighted by atomic mass is 35.6. The molecule has 1 aromatic rings. The van der Waals surface area contributed by atoms with Crippen molar-refractivity contribution in [1.29, 1.82) is 0 Å². The minimum atomic E-state index is -3.25. The molecule has 7 heteroatoms. The van der Waals surface area contributed by atoms with Crippen LogP contribution in [0.1, 0.15) is 89.0 Å². The number of alkyl halides is 2. The van der Waals surface area contributed by atoms with Crippen molar-refractivity contribution in [3.8, 4) is 5.75 Å². The van der Waals surface area contributed by atoms with Crippen LogP contribution in [0, 0.1) is 23.5 Å². The zero-order chi connectivity index (χ0) is 23.1. The highest BCUT2D eigenvalue weighted by Gasteiger charge is 2.37. The molecule has 2 fully saturated rings. The molecule has 182 valence electrons. The van der Waals surface area contributed by atoms with Gasteiger partial charge in [-0.1, -0.05) is 64.7 Å². The number of rotatable bonds is 10. The summed E-state index contributed by atoms with van der Waals surface area (Å²) in [7, 11) is -1.84. The van der Waals surface area contributed by atoms with Crippen molar-refractivity contribution in [2.45, 2.75) is 108 Å². The summed E-state index contributed by atoms with van der Waals surface area (Å²) in [6.07, 6.45) is 13.7. The standard InChI is InChI=1S/C25H37ClF4OSi/c1-2-3-4-5-18-6-8-19(9-7-18)10-13-32(26)14-11-20(12-15-32)21-16-22(27)24(23(28)17-21)31-25(29)30/h16-20,25H,2-15H2,1H3. The second-order valence-corrected chi connectivity index (χ2v) is 16.2. The summed E-state index contributed by atoms with van der Waals surface area (Å²) in [6, 6.07) is 5.32. The predicted molar refractivity (Wildman–Crippen MR) is 125 cm³/mol. The zero-order valence-corrected chi connectivity index (χ0v) is 20.9. The molecule has 0 amide bonds. The summed E-state index contributed by atoms with van der Waals surface area (Å²) >= 11 is 7.09. The molecule has 1 aliphatic heterocycles. The number of unbranched alkanes of at least 4 members (excludes halogenated alkanes) is 2. The molecule has 0 unspecified atom stereocenters. The Hall–Kier alpha value is -0.753. The average Bonchev–Trinajstić information content (AvgIpc) is 2.76. The lowest BCUT2D eigenvalue weighted by atomic mass is 9.79. The van der Waals surface area contributed by atoms with Crippen LogP contribution < -0.4 is 4.74 Å². The molecule has 32 heavy (non-hydrogen) atoms. The molecule has 0 bridgehead atoms. The van der Waals surface area contributed by atoms with Gasteiger partial charge in [0, 0.05) is 0 Å². The van der Waals surface area contributed by atoms with E-state index in [1.54, 1.807) is 0 Å². The van der Waals surface area contributed by atoms with E-state index >= 15 is 0 Å². The van der Waals surface area contributed by atoms with Crippen LogP contribution in [0.15, 0.2) is 12.1 Å². The van der Waals surface area contributed by atoms with E-state index in [9.17, 15) is 17.6 Å². The summed E-state index contributed by atoms with van der Waals surface area (Å²) in [4.78, 5) is 0. The first kappa shape index (κ1) is 25.9. The van der Waals surface area contributed by atoms with Crippen LogP contribution in [0.5, 0.6) is 5.75 Å². The molecular formula is C25H37ClF4OSi. The number of halogens is 5. The molecule has 0 spiro atoms. The van der Waals surface area contributed by atoms with Crippen LogP contribution in [-0.4, -0.2) is 14.0 Å². The number of ether oxygens (including phenoxy) is 1. The van der Waals surface area contributed by atoms with Gasteiger partial charge in [0.25, 0.3) is 0 Å². The molecule has 0 N–H and O–H groups in total. The molecule has 2 aliphatic rings. The molecule has 0 aromatic heterocycles. The van der Waals surface area contributed by atoms with Crippen molar-refractivity contribution in [3.63, 3.8) is 0 Å². The Balaban J connectivity index is 1.44. The fourth-order valence-corrected chi connectivity index (χ4v) is 10.1. The first-order valence-corrected chi connectivity index (χ1v) is 16.1. The minimum absolute atomic E-state index is 0.0255. The third kappa shape index (κ3) is 7.38. The van der Waals surface area contributed by atoms with E-state index in [0.29, 0.717) is 5.56 Å². The predicted octanol–water partition coefficient (Wildman–Crippen LogP) is 9.40. The van der Waals surface area contributed by atoms with Crippen molar-refractivity contribution >= 4 is 18.5 Å². The Bertz CT molecular complexity index is 693. The van der Waals surface area contributed by atoms with E-state index < -0.39 is 31.4 Å². The Labute approximate surface area is 196 Å². The molecule has 1 aliphatic carbocycles.